The number of carbonyl (C=O) groups is 1. The molecule has 1 heterocycles. The van der Waals surface area contributed by atoms with Gasteiger partial charge >= 0.3 is 0 Å². The number of hydrazone groups is 2. The monoisotopic (exact) mass is 503 g/mol. The number of aromatic nitrogens is 1. The third-order valence-corrected chi connectivity index (χ3v) is 5.82. The van der Waals surface area contributed by atoms with E-state index in [1.165, 1.54) is 73.2 Å². The van der Waals surface area contributed by atoms with Crippen molar-refractivity contribution in [2.75, 3.05) is 5.43 Å². The van der Waals surface area contributed by atoms with Crippen LogP contribution < -0.4 is 16.3 Å². The Kier molecular flexibility index (Phi) is 6.55. The van der Waals surface area contributed by atoms with Crippen molar-refractivity contribution >= 4 is 34.9 Å². The first kappa shape index (κ1) is 24.0. The van der Waals surface area contributed by atoms with Crippen LogP contribution in [-0.2, 0) is 0 Å². The van der Waals surface area contributed by atoms with Gasteiger partial charge in [0, 0.05) is 17.6 Å². The smallest absolute Gasteiger partial charge is 0.276 e. The summed E-state index contributed by atoms with van der Waals surface area (Å²) in [5, 5.41) is 7.89. The second kappa shape index (κ2) is 10.1. The average molecular weight is 503 g/mol. The van der Waals surface area contributed by atoms with Crippen LogP contribution in [0.15, 0.2) is 81.9 Å². The Hall–Kier alpha value is -4.73. The normalized spacial score (nSPS) is 13.5. The van der Waals surface area contributed by atoms with Gasteiger partial charge in [-0.05, 0) is 60.4 Å². The first-order valence-corrected chi connectivity index (χ1v) is 11.4. The molecule has 1 aromatic heterocycles. The average Bonchev–Trinajstić information content (AvgIpc) is 3.73. The lowest BCUT2D eigenvalue weighted by Crippen LogP contribution is -2.27. The topological polar surface area (TPSA) is 87.8 Å². The van der Waals surface area contributed by atoms with E-state index in [1.807, 2.05) is 0 Å². The van der Waals surface area contributed by atoms with Crippen molar-refractivity contribution < 1.29 is 18.0 Å². The molecule has 0 spiro atoms. The Morgan fingerprint density at radius 2 is 1.49 bits per heavy atom. The van der Waals surface area contributed by atoms with Crippen molar-refractivity contribution in [2.45, 2.75) is 18.9 Å². The molecule has 7 nitrogen and oxygen atoms in total. The van der Waals surface area contributed by atoms with Crippen LogP contribution in [0.2, 0.25) is 0 Å². The van der Waals surface area contributed by atoms with Crippen LogP contribution in [0.4, 0.5) is 18.9 Å². The summed E-state index contributed by atoms with van der Waals surface area (Å²) in [6.07, 6.45) is 5.89. The molecule has 1 fully saturated rings. The summed E-state index contributed by atoms with van der Waals surface area (Å²) in [6.45, 7) is 0. The summed E-state index contributed by atoms with van der Waals surface area (Å²) < 4.78 is 42.8. The molecule has 186 valence electrons. The first-order chi connectivity index (χ1) is 17.9. The number of hydrogen-bond acceptors (Lipinski definition) is 5. The highest BCUT2D eigenvalue weighted by Crippen LogP contribution is 2.37. The van der Waals surface area contributed by atoms with Crippen LogP contribution in [0.25, 0.3) is 10.9 Å². The molecule has 5 rings (SSSR count). The van der Waals surface area contributed by atoms with Crippen LogP contribution in [0.5, 0.6) is 0 Å². The Bertz CT molecular complexity index is 1590. The van der Waals surface area contributed by atoms with Crippen LogP contribution in [0.1, 0.15) is 40.4 Å². The largest absolute Gasteiger partial charge is 0.343 e. The van der Waals surface area contributed by atoms with E-state index in [9.17, 15) is 22.8 Å². The van der Waals surface area contributed by atoms with Crippen molar-refractivity contribution in [2.24, 2.45) is 10.2 Å². The molecule has 1 saturated carbocycles. The Labute approximate surface area is 208 Å². The second-order valence-corrected chi connectivity index (χ2v) is 8.53. The number of fused-ring (bicyclic) bond motifs is 1. The maximum Gasteiger partial charge on any atom is 0.276 e. The molecule has 0 aliphatic heterocycles. The van der Waals surface area contributed by atoms with E-state index >= 15 is 0 Å². The SMILES string of the molecule is O=C(N/N=C/c1ccc(F)cc1)c1cn(C2CC2)c2cc(N/N=C/c3ccc(F)cc3)c(F)cc2c1=O. The minimum Gasteiger partial charge on any atom is -0.343 e. The molecule has 0 unspecified atom stereocenters. The number of pyridine rings is 1. The lowest BCUT2D eigenvalue weighted by Gasteiger charge is -2.14. The van der Waals surface area contributed by atoms with Gasteiger partial charge in [-0.25, -0.2) is 18.6 Å². The summed E-state index contributed by atoms with van der Waals surface area (Å²) in [7, 11) is 0. The summed E-state index contributed by atoms with van der Waals surface area (Å²) in [6, 6.07) is 13.7. The first-order valence-electron chi connectivity index (χ1n) is 11.4. The fraction of sp³-hybridized carbons (Fsp3) is 0.111. The number of halogens is 3. The highest BCUT2D eigenvalue weighted by molar-refractivity contribution is 5.98. The maximum atomic E-state index is 14.9. The minimum absolute atomic E-state index is 0.0424. The van der Waals surface area contributed by atoms with Gasteiger partial charge in [-0.1, -0.05) is 24.3 Å². The number of anilines is 1. The maximum absolute atomic E-state index is 14.9. The van der Waals surface area contributed by atoms with E-state index in [0.29, 0.717) is 16.6 Å². The van der Waals surface area contributed by atoms with Gasteiger partial charge in [0.1, 0.15) is 23.0 Å². The third kappa shape index (κ3) is 5.43. The fourth-order valence-electron chi connectivity index (χ4n) is 3.77. The molecule has 1 aliphatic carbocycles. The van der Waals surface area contributed by atoms with Gasteiger partial charge in [0.05, 0.1) is 23.6 Å². The van der Waals surface area contributed by atoms with Gasteiger partial charge in [0.15, 0.2) is 0 Å². The van der Waals surface area contributed by atoms with E-state index in [2.05, 4.69) is 21.1 Å². The number of benzene rings is 3. The molecule has 2 N–H and O–H groups in total. The number of nitrogens with zero attached hydrogens (tertiary/aromatic N) is 3. The minimum atomic E-state index is -0.744. The Morgan fingerprint density at radius 1 is 0.892 bits per heavy atom. The highest BCUT2D eigenvalue weighted by atomic mass is 19.1. The van der Waals surface area contributed by atoms with Gasteiger partial charge < -0.3 is 4.57 Å². The molecule has 0 radical (unpaired) electrons. The van der Waals surface area contributed by atoms with E-state index < -0.39 is 23.0 Å². The number of amides is 1. The summed E-state index contributed by atoms with van der Waals surface area (Å²) in [5.41, 5.74) is 5.78. The molecule has 0 bridgehead atoms. The Morgan fingerprint density at radius 3 is 2.08 bits per heavy atom. The van der Waals surface area contributed by atoms with E-state index in [1.54, 1.807) is 4.57 Å². The van der Waals surface area contributed by atoms with E-state index in [-0.39, 0.29) is 28.5 Å². The molecule has 1 amide bonds. The van der Waals surface area contributed by atoms with Gasteiger partial charge in [-0.15, -0.1) is 0 Å². The van der Waals surface area contributed by atoms with Gasteiger partial charge in [-0.3, -0.25) is 15.0 Å². The quantitative estimate of drug-likeness (QED) is 0.276. The third-order valence-electron chi connectivity index (χ3n) is 5.82. The van der Waals surface area contributed by atoms with Crippen molar-refractivity contribution in [1.82, 2.24) is 9.99 Å². The van der Waals surface area contributed by atoms with Crippen LogP contribution in [0, 0.1) is 17.5 Å². The lowest BCUT2D eigenvalue weighted by molar-refractivity contribution is 0.0953. The van der Waals surface area contributed by atoms with Crippen molar-refractivity contribution in [3.05, 3.63) is 111 Å². The molecular weight excluding hydrogens is 483 g/mol. The zero-order valence-electron chi connectivity index (χ0n) is 19.3. The van der Waals surface area contributed by atoms with Gasteiger partial charge in [0.2, 0.25) is 5.43 Å². The second-order valence-electron chi connectivity index (χ2n) is 8.53. The molecule has 37 heavy (non-hydrogen) atoms. The summed E-state index contributed by atoms with van der Waals surface area (Å²) in [5.74, 6) is -2.25. The standard InChI is InChI=1S/C27H20F3N5O2/c28-18-5-1-16(2-6-18)13-31-33-24-12-25-21(11-23(24)30)26(36)22(15-35(25)20-9-10-20)27(37)34-32-14-17-3-7-19(29)8-4-17/h1-8,11-15,20,33H,9-10H2,(H,34,37)/b31-13+,32-14+. The number of carbonyl (C=O) groups excluding carboxylic acids is 1. The summed E-state index contributed by atoms with van der Waals surface area (Å²) in [4.78, 5) is 25.9. The Balaban J connectivity index is 1.42. The number of nitrogens with one attached hydrogen (secondary N) is 2. The zero-order chi connectivity index (χ0) is 25.9. The zero-order valence-corrected chi connectivity index (χ0v) is 19.3. The van der Waals surface area contributed by atoms with E-state index in [4.69, 9.17) is 0 Å². The van der Waals surface area contributed by atoms with Gasteiger partial charge in [0.25, 0.3) is 5.91 Å². The fourth-order valence-corrected chi connectivity index (χ4v) is 3.77. The number of hydrogen-bond donors (Lipinski definition) is 2. The molecule has 0 atom stereocenters. The van der Waals surface area contributed by atoms with Crippen LogP contribution in [0.3, 0.4) is 0 Å². The van der Waals surface area contributed by atoms with Crippen molar-refractivity contribution in [1.29, 1.82) is 0 Å². The number of rotatable bonds is 7. The molecule has 10 heteroatoms. The lowest BCUT2D eigenvalue weighted by atomic mass is 10.1. The van der Waals surface area contributed by atoms with Crippen molar-refractivity contribution in [3.63, 3.8) is 0 Å². The summed E-state index contributed by atoms with van der Waals surface area (Å²) >= 11 is 0. The predicted octanol–water partition coefficient (Wildman–Crippen LogP) is 4.96. The predicted molar refractivity (Wildman–Crippen MR) is 136 cm³/mol. The molecular formula is C27H20F3N5O2. The highest BCUT2D eigenvalue weighted by Gasteiger charge is 2.27. The van der Waals surface area contributed by atoms with Crippen LogP contribution >= 0.6 is 0 Å². The molecule has 0 saturated heterocycles. The molecule has 1 aliphatic rings. The van der Waals surface area contributed by atoms with Crippen molar-refractivity contribution in [3.8, 4) is 0 Å². The van der Waals surface area contributed by atoms with Gasteiger partial charge in [-0.2, -0.15) is 10.2 Å². The molecule has 3 aromatic carbocycles. The van der Waals surface area contributed by atoms with Crippen LogP contribution in [-0.4, -0.2) is 22.9 Å². The van der Waals surface area contributed by atoms with E-state index in [0.717, 1.165) is 18.9 Å². The molecule has 4 aromatic rings.